The maximum absolute atomic E-state index is 12.6. The molecule has 2 fully saturated rings. The topological polar surface area (TPSA) is 135 Å². The zero-order valence-corrected chi connectivity index (χ0v) is 16.2. The van der Waals surface area contributed by atoms with Gasteiger partial charge in [0.05, 0.1) is 24.4 Å². The Morgan fingerprint density at radius 1 is 1.37 bits per heavy atom. The van der Waals surface area contributed by atoms with Gasteiger partial charge in [-0.25, -0.2) is 0 Å². The Balaban J connectivity index is 1.26. The van der Waals surface area contributed by atoms with Crippen LogP contribution in [0.15, 0.2) is 35.0 Å². The summed E-state index contributed by atoms with van der Waals surface area (Å²) >= 11 is 0. The van der Waals surface area contributed by atoms with Gasteiger partial charge in [-0.05, 0) is 42.9 Å². The summed E-state index contributed by atoms with van der Waals surface area (Å²) in [4.78, 5) is 12.6. The number of aromatic nitrogens is 5. The minimum Gasteiger partial charge on any atom is -0.412 e. The number of nitrogens with zero attached hydrogens (tertiary/aromatic N) is 6. The average Bonchev–Trinajstić information content (AvgIpc) is 3.14. The first kappa shape index (κ1) is 18.4. The Labute approximate surface area is 172 Å². The van der Waals surface area contributed by atoms with E-state index in [4.69, 9.17) is 4.42 Å². The van der Waals surface area contributed by atoms with Crippen molar-refractivity contribution >= 4 is 5.91 Å². The molecule has 10 heteroatoms. The van der Waals surface area contributed by atoms with E-state index in [-0.39, 0.29) is 23.9 Å². The molecule has 5 rings (SSSR count). The van der Waals surface area contributed by atoms with Crippen LogP contribution in [-0.4, -0.2) is 49.7 Å². The fourth-order valence-electron chi connectivity index (χ4n) is 3.86. The SMILES string of the molecule is N#Cc1ccc(C2CC2)c(-c2nnc(C(=O)N[C@H]3CN[C@H](Cn4ccnn4)C3)o2)c1. The third-order valence-corrected chi connectivity index (χ3v) is 5.49. The maximum atomic E-state index is 12.6. The van der Waals surface area contributed by atoms with Crippen LogP contribution in [0.4, 0.5) is 0 Å². The highest BCUT2D eigenvalue weighted by molar-refractivity contribution is 5.90. The van der Waals surface area contributed by atoms with Crippen LogP contribution < -0.4 is 10.6 Å². The van der Waals surface area contributed by atoms with Crippen molar-refractivity contribution in [3.8, 4) is 17.5 Å². The summed E-state index contributed by atoms with van der Waals surface area (Å²) in [5.74, 6) is 0.247. The second kappa shape index (κ2) is 7.68. The van der Waals surface area contributed by atoms with Gasteiger partial charge in [0.15, 0.2) is 0 Å². The number of carbonyl (C=O) groups excluding carboxylic acids is 1. The van der Waals surface area contributed by atoms with Crippen LogP contribution in [0.25, 0.3) is 11.5 Å². The van der Waals surface area contributed by atoms with Crippen molar-refractivity contribution in [3.63, 3.8) is 0 Å². The van der Waals surface area contributed by atoms with Gasteiger partial charge in [0, 0.05) is 30.4 Å². The van der Waals surface area contributed by atoms with Crippen LogP contribution in [0.1, 0.15) is 47.0 Å². The van der Waals surface area contributed by atoms with Crippen molar-refractivity contribution in [2.24, 2.45) is 0 Å². The lowest BCUT2D eigenvalue weighted by Gasteiger charge is -2.11. The number of nitrogens with one attached hydrogen (secondary N) is 2. The number of nitriles is 1. The molecule has 0 bridgehead atoms. The molecule has 2 atom stereocenters. The van der Waals surface area contributed by atoms with E-state index in [9.17, 15) is 10.1 Å². The lowest BCUT2D eigenvalue weighted by atomic mass is 10.0. The fourth-order valence-corrected chi connectivity index (χ4v) is 3.86. The molecule has 2 aliphatic rings. The molecule has 1 saturated heterocycles. The highest BCUT2D eigenvalue weighted by atomic mass is 16.4. The lowest BCUT2D eigenvalue weighted by molar-refractivity contribution is 0.0905. The highest BCUT2D eigenvalue weighted by Gasteiger charge is 2.30. The molecule has 152 valence electrons. The fraction of sp³-hybridized carbons (Fsp3) is 0.400. The van der Waals surface area contributed by atoms with E-state index >= 15 is 0 Å². The third kappa shape index (κ3) is 3.79. The van der Waals surface area contributed by atoms with Gasteiger partial charge in [-0.3, -0.25) is 9.48 Å². The highest BCUT2D eigenvalue weighted by Crippen LogP contribution is 2.44. The molecule has 3 aromatic rings. The second-order valence-electron chi connectivity index (χ2n) is 7.74. The van der Waals surface area contributed by atoms with E-state index in [1.807, 2.05) is 12.3 Å². The third-order valence-electron chi connectivity index (χ3n) is 5.49. The molecular weight excluding hydrogens is 384 g/mol. The van der Waals surface area contributed by atoms with Gasteiger partial charge < -0.3 is 15.1 Å². The summed E-state index contributed by atoms with van der Waals surface area (Å²) in [5.41, 5.74) is 2.34. The van der Waals surface area contributed by atoms with E-state index in [1.165, 1.54) is 0 Å². The van der Waals surface area contributed by atoms with Gasteiger partial charge in [0.1, 0.15) is 0 Å². The maximum Gasteiger partial charge on any atom is 0.309 e. The zero-order chi connectivity index (χ0) is 20.5. The molecule has 0 unspecified atom stereocenters. The standard InChI is InChI=1S/C20H20N8O2/c21-9-12-1-4-16(13-2-3-13)17(7-12)19-25-26-20(30-19)18(29)24-14-8-15(22-10-14)11-28-6-5-23-27-28/h1,4-7,13-15,22H,2-3,8,10-11H2,(H,24,29)/t14-,15+/m1/s1. The number of amides is 1. The molecule has 1 aliphatic heterocycles. The summed E-state index contributed by atoms with van der Waals surface area (Å²) in [5, 5.41) is 31.3. The van der Waals surface area contributed by atoms with E-state index in [1.54, 1.807) is 23.0 Å². The minimum atomic E-state index is -0.397. The van der Waals surface area contributed by atoms with E-state index in [0.29, 0.717) is 24.6 Å². The molecule has 2 N–H and O–H groups in total. The Morgan fingerprint density at radius 3 is 3.03 bits per heavy atom. The quantitative estimate of drug-likeness (QED) is 0.626. The predicted octanol–water partition coefficient (Wildman–Crippen LogP) is 1.24. The number of hydrogen-bond donors (Lipinski definition) is 2. The van der Waals surface area contributed by atoms with Gasteiger partial charge in [0.25, 0.3) is 0 Å². The smallest absolute Gasteiger partial charge is 0.309 e. The second-order valence-corrected chi connectivity index (χ2v) is 7.74. The predicted molar refractivity (Wildman–Crippen MR) is 104 cm³/mol. The van der Waals surface area contributed by atoms with Crippen molar-refractivity contribution in [3.05, 3.63) is 47.6 Å². The lowest BCUT2D eigenvalue weighted by Crippen LogP contribution is -2.36. The normalized spacial score (nSPS) is 20.8. The Bertz CT molecular complexity index is 1100. The van der Waals surface area contributed by atoms with Crippen molar-refractivity contribution < 1.29 is 9.21 Å². The summed E-state index contributed by atoms with van der Waals surface area (Å²) in [6.45, 7) is 1.35. The van der Waals surface area contributed by atoms with Gasteiger partial charge in [-0.1, -0.05) is 11.3 Å². The number of benzene rings is 1. The van der Waals surface area contributed by atoms with Gasteiger partial charge >= 0.3 is 11.8 Å². The number of rotatable bonds is 6. The molecule has 1 aliphatic carbocycles. The van der Waals surface area contributed by atoms with Crippen LogP contribution in [0.5, 0.6) is 0 Å². The van der Waals surface area contributed by atoms with Crippen LogP contribution in [0.2, 0.25) is 0 Å². The Hall–Kier alpha value is -3.58. The van der Waals surface area contributed by atoms with E-state index in [0.717, 1.165) is 30.4 Å². The molecule has 0 spiro atoms. The van der Waals surface area contributed by atoms with Crippen molar-refractivity contribution in [1.82, 2.24) is 35.8 Å². The van der Waals surface area contributed by atoms with Gasteiger partial charge in [-0.15, -0.1) is 15.3 Å². The van der Waals surface area contributed by atoms with Crippen molar-refractivity contribution in [2.45, 2.75) is 43.8 Å². The van der Waals surface area contributed by atoms with Crippen LogP contribution in [-0.2, 0) is 6.54 Å². The summed E-state index contributed by atoms with van der Waals surface area (Å²) in [6.07, 6.45) is 6.42. The molecule has 1 amide bonds. The Morgan fingerprint density at radius 2 is 2.27 bits per heavy atom. The van der Waals surface area contributed by atoms with Crippen molar-refractivity contribution in [1.29, 1.82) is 5.26 Å². The molecule has 0 radical (unpaired) electrons. The summed E-state index contributed by atoms with van der Waals surface area (Å²) in [7, 11) is 0. The van der Waals surface area contributed by atoms with Crippen LogP contribution in [0.3, 0.4) is 0 Å². The van der Waals surface area contributed by atoms with E-state index in [2.05, 4.69) is 37.2 Å². The minimum absolute atomic E-state index is 0.0367. The van der Waals surface area contributed by atoms with E-state index < -0.39 is 5.91 Å². The van der Waals surface area contributed by atoms with Gasteiger partial charge in [0.2, 0.25) is 5.89 Å². The van der Waals surface area contributed by atoms with Gasteiger partial charge in [-0.2, -0.15) is 5.26 Å². The first-order valence-corrected chi connectivity index (χ1v) is 9.96. The first-order valence-electron chi connectivity index (χ1n) is 9.96. The monoisotopic (exact) mass is 404 g/mol. The molecule has 1 aromatic carbocycles. The Kier molecular flexibility index (Phi) is 4.72. The first-order chi connectivity index (χ1) is 14.7. The van der Waals surface area contributed by atoms with Crippen molar-refractivity contribution in [2.75, 3.05) is 6.54 Å². The molecule has 3 heterocycles. The summed E-state index contributed by atoms with van der Waals surface area (Å²) < 4.78 is 7.45. The van der Waals surface area contributed by atoms with Crippen LogP contribution in [0, 0.1) is 11.3 Å². The average molecular weight is 404 g/mol. The molecular formula is C20H20N8O2. The molecule has 2 aromatic heterocycles. The number of hydrogen-bond acceptors (Lipinski definition) is 8. The molecule has 1 saturated carbocycles. The molecule has 10 nitrogen and oxygen atoms in total. The van der Waals surface area contributed by atoms with Crippen LogP contribution >= 0.6 is 0 Å². The molecule has 30 heavy (non-hydrogen) atoms. The number of carbonyl (C=O) groups is 1. The zero-order valence-electron chi connectivity index (χ0n) is 16.2. The largest absolute Gasteiger partial charge is 0.412 e. The summed E-state index contributed by atoms with van der Waals surface area (Å²) in [6, 6.07) is 7.78.